The number of ketones is 1. The van der Waals surface area contributed by atoms with E-state index in [4.69, 9.17) is 0 Å². The predicted molar refractivity (Wildman–Crippen MR) is 127 cm³/mol. The normalized spacial score (nSPS) is 22.3. The van der Waals surface area contributed by atoms with Crippen LogP contribution in [0.1, 0.15) is 27.4 Å². The first-order chi connectivity index (χ1) is 15.6. The second-order valence-corrected chi connectivity index (χ2v) is 8.99. The van der Waals surface area contributed by atoms with Crippen molar-refractivity contribution in [3.05, 3.63) is 106 Å². The lowest BCUT2D eigenvalue weighted by atomic mass is 9.69. The third-order valence-corrected chi connectivity index (χ3v) is 6.95. The van der Waals surface area contributed by atoms with Crippen molar-refractivity contribution in [2.45, 2.75) is 18.0 Å². The second kappa shape index (κ2) is 7.79. The number of anilines is 1. The number of carbonyl (C=O) groups is 1. The molecule has 0 N–H and O–H groups in total. The highest BCUT2D eigenvalue weighted by molar-refractivity contribution is 9.10. The van der Waals surface area contributed by atoms with Gasteiger partial charge in [-0.15, -0.1) is 0 Å². The van der Waals surface area contributed by atoms with Crippen LogP contribution in [0.25, 0.3) is 6.08 Å². The van der Waals surface area contributed by atoms with Gasteiger partial charge in [0, 0.05) is 21.6 Å². The summed E-state index contributed by atoms with van der Waals surface area (Å²) < 4.78 is 0.927. The Morgan fingerprint density at radius 3 is 2.25 bits per heavy atom. The summed E-state index contributed by atoms with van der Waals surface area (Å²) in [5.74, 6) is -0.711. The molecule has 0 amide bonds. The Hall–Kier alpha value is -3.67. The van der Waals surface area contributed by atoms with Crippen molar-refractivity contribution in [3.63, 3.8) is 0 Å². The van der Waals surface area contributed by atoms with Gasteiger partial charge in [-0.3, -0.25) is 4.79 Å². The van der Waals surface area contributed by atoms with Gasteiger partial charge in [-0.2, -0.15) is 10.5 Å². The number of fused-ring (bicyclic) bond motifs is 3. The number of Topliss-reactive ketones (excluding diaryl/α,β-unsaturated/α-hetero) is 1. The Balaban J connectivity index is 1.79. The Kier molecular flexibility index (Phi) is 4.93. The molecule has 5 rings (SSSR count). The maximum atomic E-state index is 14.0. The minimum Gasteiger partial charge on any atom is -0.351 e. The van der Waals surface area contributed by atoms with Gasteiger partial charge >= 0.3 is 0 Å². The van der Waals surface area contributed by atoms with Crippen molar-refractivity contribution in [1.29, 1.82) is 10.5 Å². The molecular formula is C27H18BrN3O. The van der Waals surface area contributed by atoms with Gasteiger partial charge in [-0.05, 0) is 29.3 Å². The van der Waals surface area contributed by atoms with E-state index in [2.05, 4.69) is 28.1 Å². The number of nitriles is 2. The molecule has 5 heteroatoms. The fourth-order valence-electron chi connectivity index (χ4n) is 5.07. The molecular weight excluding hydrogens is 462 g/mol. The number of rotatable bonds is 3. The van der Waals surface area contributed by atoms with E-state index in [0.717, 1.165) is 21.3 Å². The lowest BCUT2D eigenvalue weighted by Gasteiger charge is -2.35. The minimum absolute atomic E-state index is 0.0963. The minimum atomic E-state index is -1.42. The summed E-state index contributed by atoms with van der Waals surface area (Å²) in [6.07, 6.45) is 3.84. The zero-order valence-electron chi connectivity index (χ0n) is 17.0. The fourth-order valence-corrected chi connectivity index (χ4v) is 5.45. The monoisotopic (exact) mass is 479 g/mol. The zero-order valence-corrected chi connectivity index (χ0v) is 18.6. The lowest BCUT2D eigenvalue weighted by Crippen LogP contribution is -2.44. The molecule has 0 saturated carbocycles. The molecule has 3 aromatic rings. The third-order valence-electron chi connectivity index (χ3n) is 6.45. The van der Waals surface area contributed by atoms with Gasteiger partial charge in [-0.1, -0.05) is 88.7 Å². The molecule has 0 aromatic heterocycles. The van der Waals surface area contributed by atoms with Gasteiger partial charge in [0.25, 0.3) is 0 Å². The third kappa shape index (κ3) is 2.90. The van der Waals surface area contributed by atoms with E-state index in [0.29, 0.717) is 5.56 Å². The van der Waals surface area contributed by atoms with Gasteiger partial charge in [-0.25, -0.2) is 0 Å². The van der Waals surface area contributed by atoms with Crippen LogP contribution in [-0.2, 0) is 0 Å². The van der Waals surface area contributed by atoms with Crippen LogP contribution >= 0.6 is 15.9 Å². The molecule has 0 unspecified atom stereocenters. The van der Waals surface area contributed by atoms with E-state index >= 15 is 0 Å². The average Bonchev–Trinajstić information content (AvgIpc) is 3.15. The standard InChI is InChI=1S/C27H18BrN3O/c28-21-12-13-22-20(15-21)11-14-23-27(16-29,17-30)24(18-7-3-1-4-8-18)25(31(22)23)26(32)19-9-5-2-6-10-19/h1-15,23-25H/t23-,24+,25+/m0/s1. The molecule has 1 fully saturated rings. The molecule has 3 atom stereocenters. The van der Waals surface area contributed by atoms with Gasteiger partial charge in [0.1, 0.15) is 6.04 Å². The van der Waals surface area contributed by atoms with Crippen molar-refractivity contribution in [1.82, 2.24) is 0 Å². The molecule has 0 radical (unpaired) electrons. The van der Waals surface area contributed by atoms with Gasteiger partial charge in [0.15, 0.2) is 11.2 Å². The Bertz CT molecular complexity index is 1290. The Labute approximate surface area is 195 Å². The van der Waals surface area contributed by atoms with Crippen LogP contribution in [0.2, 0.25) is 0 Å². The van der Waals surface area contributed by atoms with Crippen LogP contribution in [-0.4, -0.2) is 17.9 Å². The van der Waals surface area contributed by atoms with Crippen LogP contribution in [0.4, 0.5) is 5.69 Å². The molecule has 1 saturated heterocycles. The summed E-state index contributed by atoms with van der Waals surface area (Å²) in [6, 6.07) is 27.9. The van der Waals surface area contributed by atoms with E-state index < -0.39 is 23.4 Å². The number of carbonyl (C=O) groups excluding carboxylic acids is 1. The van der Waals surface area contributed by atoms with Crippen molar-refractivity contribution in [2.24, 2.45) is 5.41 Å². The highest BCUT2D eigenvalue weighted by Gasteiger charge is 2.63. The van der Waals surface area contributed by atoms with Gasteiger partial charge in [0.05, 0.1) is 18.2 Å². The Morgan fingerprint density at radius 2 is 1.59 bits per heavy atom. The summed E-state index contributed by atoms with van der Waals surface area (Å²) in [5, 5.41) is 20.8. The van der Waals surface area contributed by atoms with Crippen LogP contribution in [0.3, 0.4) is 0 Å². The smallest absolute Gasteiger partial charge is 0.185 e. The predicted octanol–water partition coefficient (Wildman–Crippen LogP) is 5.73. The fraction of sp³-hybridized carbons (Fsp3) is 0.148. The molecule has 2 aliphatic rings. The summed E-state index contributed by atoms with van der Waals surface area (Å²) >= 11 is 3.52. The highest BCUT2D eigenvalue weighted by Crippen LogP contribution is 2.55. The van der Waals surface area contributed by atoms with Crippen LogP contribution in [0.15, 0.2) is 89.4 Å². The molecule has 0 bridgehead atoms. The number of halogens is 1. The maximum Gasteiger partial charge on any atom is 0.185 e. The van der Waals surface area contributed by atoms with E-state index in [9.17, 15) is 15.3 Å². The van der Waals surface area contributed by atoms with Crippen molar-refractivity contribution >= 4 is 33.5 Å². The number of benzene rings is 3. The SMILES string of the molecule is N#CC1(C#N)[C@H](c2ccccc2)[C@H](C(=O)c2ccccc2)N2c3ccc(Br)cc3C=C[C@H]21. The molecule has 3 aromatic carbocycles. The molecule has 2 aliphatic heterocycles. The van der Waals surface area contributed by atoms with E-state index in [1.54, 1.807) is 12.1 Å². The quantitative estimate of drug-likeness (QED) is 0.449. The molecule has 2 heterocycles. The van der Waals surface area contributed by atoms with E-state index in [1.807, 2.05) is 83.8 Å². The largest absolute Gasteiger partial charge is 0.351 e. The Morgan fingerprint density at radius 1 is 0.938 bits per heavy atom. The van der Waals surface area contributed by atoms with Crippen LogP contribution < -0.4 is 4.90 Å². The van der Waals surface area contributed by atoms with Crippen molar-refractivity contribution < 1.29 is 4.79 Å². The summed E-state index contributed by atoms with van der Waals surface area (Å²) in [5.41, 5.74) is 1.75. The molecule has 0 aliphatic carbocycles. The van der Waals surface area contributed by atoms with Crippen molar-refractivity contribution in [3.8, 4) is 12.1 Å². The molecule has 0 spiro atoms. The van der Waals surface area contributed by atoms with E-state index in [1.165, 1.54) is 0 Å². The van der Waals surface area contributed by atoms with Gasteiger partial charge < -0.3 is 4.90 Å². The number of hydrogen-bond donors (Lipinski definition) is 0. The lowest BCUT2D eigenvalue weighted by molar-refractivity contribution is 0.0951. The summed E-state index contributed by atoms with van der Waals surface area (Å²) in [4.78, 5) is 16.0. The first-order valence-corrected chi connectivity index (χ1v) is 11.1. The molecule has 32 heavy (non-hydrogen) atoms. The number of hydrogen-bond acceptors (Lipinski definition) is 4. The van der Waals surface area contributed by atoms with Crippen LogP contribution in [0, 0.1) is 28.1 Å². The summed E-state index contributed by atoms with van der Waals surface area (Å²) in [7, 11) is 0. The average molecular weight is 480 g/mol. The van der Waals surface area contributed by atoms with E-state index in [-0.39, 0.29) is 5.78 Å². The topological polar surface area (TPSA) is 67.9 Å². The summed E-state index contributed by atoms with van der Waals surface area (Å²) in [6.45, 7) is 0. The molecule has 154 valence electrons. The van der Waals surface area contributed by atoms with Crippen LogP contribution in [0.5, 0.6) is 0 Å². The zero-order chi connectivity index (χ0) is 22.3. The first-order valence-electron chi connectivity index (χ1n) is 10.3. The first kappa shape index (κ1) is 20.2. The second-order valence-electron chi connectivity index (χ2n) is 8.07. The molecule has 4 nitrogen and oxygen atoms in total. The number of nitrogens with zero attached hydrogens (tertiary/aromatic N) is 3. The highest BCUT2D eigenvalue weighted by atomic mass is 79.9. The maximum absolute atomic E-state index is 14.0. The van der Waals surface area contributed by atoms with Crippen molar-refractivity contribution in [2.75, 3.05) is 4.90 Å². The van der Waals surface area contributed by atoms with Gasteiger partial charge in [0.2, 0.25) is 0 Å².